The van der Waals surface area contributed by atoms with Gasteiger partial charge in [-0.3, -0.25) is 0 Å². The van der Waals surface area contributed by atoms with Gasteiger partial charge in [0.25, 0.3) is 0 Å². The Morgan fingerprint density at radius 3 is 2.55 bits per heavy atom. The molecule has 20 heavy (non-hydrogen) atoms. The van der Waals surface area contributed by atoms with E-state index < -0.39 is 0 Å². The van der Waals surface area contributed by atoms with Crippen LogP contribution in [-0.2, 0) is 6.54 Å². The molecular weight excluding hydrogens is 248 g/mol. The molecule has 114 valence electrons. The molecule has 0 aliphatic heterocycles. The molecule has 1 aliphatic carbocycles. The van der Waals surface area contributed by atoms with Gasteiger partial charge in [0.1, 0.15) is 5.82 Å². The lowest BCUT2D eigenvalue weighted by atomic mass is 9.74. The summed E-state index contributed by atoms with van der Waals surface area (Å²) in [5.74, 6) is 1.20. The van der Waals surface area contributed by atoms with Crippen molar-refractivity contribution in [1.82, 2.24) is 19.8 Å². The first-order valence-corrected chi connectivity index (χ1v) is 8.07. The summed E-state index contributed by atoms with van der Waals surface area (Å²) in [5.41, 5.74) is 0.201. The maximum Gasteiger partial charge on any atom is 0.127 e. The van der Waals surface area contributed by atoms with Crippen molar-refractivity contribution in [3.63, 3.8) is 0 Å². The molecule has 1 aromatic rings. The van der Waals surface area contributed by atoms with Crippen molar-refractivity contribution >= 4 is 0 Å². The Morgan fingerprint density at radius 2 is 2.00 bits per heavy atom. The standard InChI is InChI=1S/C16H30N4/c1-5-17-14(15-18-12-13-20(15)6-2)16(19(3)4)10-8-7-9-11-16/h12-14,17H,5-11H2,1-4H3. The summed E-state index contributed by atoms with van der Waals surface area (Å²) in [6, 6.07) is 0.317. The fraction of sp³-hybridized carbons (Fsp3) is 0.812. The second-order valence-corrected chi connectivity index (χ2v) is 6.12. The van der Waals surface area contributed by atoms with E-state index >= 15 is 0 Å². The van der Waals surface area contributed by atoms with E-state index in [1.807, 2.05) is 6.20 Å². The molecule has 1 aliphatic rings. The van der Waals surface area contributed by atoms with E-state index in [9.17, 15) is 0 Å². The predicted octanol–water partition coefficient (Wildman–Crippen LogP) is 2.82. The smallest absolute Gasteiger partial charge is 0.127 e. The zero-order chi connectivity index (χ0) is 14.6. The van der Waals surface area contributed by atoms with Crippen molar-refractivity contribution in [1.29, 1.82) is 0 Å². The summed E-state index contributed by atoms with van der Waals surface area (Å²) < 4.78 is 2.28. The number of nitrogens with one attached hydrogen (secondary N) is 1. The van der Waals surface area contributed by atoms with Crippen LogP contribution in [0.2, 0.25) is 0 Å². The summed E-state index contributed by atoms with van der Waals surface area (Å²) >= 11 is 0. The molecule has 0 saturated heterocycles. The fourth-order valence-corrected chi connectivity index (χ4v) is 3.73. The fourth-order valence-electron chi connectivity index (χ4n) is 3.73. The van der Waals surface area contributed by atoms with Gasteiger partial charge in [-0.2, -0.15) is 0 Å². The number of nitrogens with zero attached hydrogens (tertiary/aromatic N) is 3. The van der Waals surface area contributed by atoms with Crippen LogP contribution in [0.5, 0.6) is 0 Å². The molecule has 0 bridgehead atoms. The Kier molecular flexibility index (Phi) is 5.22. The molecule has 0 spiro atoms. The zero-order valence-electron chi connectivity index (χ0n) is 13.5. The maximum atomic E-state index is 4.68. The first kappa shape index (κ1) is 15.5. The van der Waals surface area contributed by atoms with E-state index in [0.717, 1.165) is 13.1 Å². The van der Waals surface area contributed by atoms with Gasteiger partial charge in [-0.1, -0.05) is 26.2 Å². The van der Waals surface area contributed by atoms with Gasteiger partial charge < -0.3 is 14.8 Å². The minimum atomic E-state index is 0.201. The van der Waals surface area contributed by atoms with Crippen LogP contribution in [0.1, 0.15) is 57.8 Å². The largest absolute Gasteiger partial charge is 0.334 e. The zero-order valence-corrected chi connectivity index (χ0v) is 13.5. The highest BCUT2D eigenvalue weighted by Crippen LogP contribution is 2.41. The summed E-state index contributed by atoms with van der Waals surface area (Å²) in [6.45, 7) is 6.35. The van der Waals surface area contributed by atoms with Crippen molar-refractivity contribution in [3.05, 3.63) is 18.2 Å². The molecule has 1 N–H and O–H groups in total. The Balaban J connectivity index is 2.39. The van der Waals surface area contributed by atoms with Crippen LogP contribution < -0.4 is 5.32 Å². The lowest BCUT2D eigenvalue weighted by molar-refractivity contribution is 0.0524. The topological polar surface area (TPSA) is 33.1 Å². The van der Waals surface area contributed by atoms with Crippen molar-refractivity contribution in [2.45, 2.75) is 64.1 Å². The van der Waals surface area contributed by atoms with E-state index in [4.69, 9.17) is 0 Å². The summed E-state index contributed by atoms with van der Waals surface area (Å²) in [5, 5.41) is 3.73. The Bertz CT molecular complexity index is 404. The third-order valence-electron chi connectivity index (χ3n) is 4.90. The van der Waals surface area contributed by atoms with Gasteiger partial charge in [-0.15, -0.1) is 0 Å². The highest BCUT2D eigenvalue weighted by atomic mass is 15.2. The molecule has 1 atom stereocenters. The molecule has 2 rings (SSSR count). The lowest BCUT2D eigenvalue weighted by Crippen LogP contribution is -2.55. The van der Waals surface area contributed by atoms with Crippen LogP contribution in [0, 0.1) is 0 Å². The van der Waals surface area contributed by atoms with Gasteiger partial charge in [0.05, 0.1) is 6.04 Å². The van der Waals surface area contributed by atoms with Crippen LogP contribution >= 0.6 is 0 Å². The molecule has 1 aromatic heterocycles. The highest BCUT2D eigenvalue weighted by molar-refractivity contribution is 5.11. The summed E-state index contributed by atoms with van der Waals surface area (Å²) in [6.07, 6.45) is 10.6. The van der Waals surface area contributed by atoms with Gasteiger partial charge in [-0.25, -0.2) is 4.98 Å². The Labute approximate surface area is 123 Å². The van der Waals surface area contributed by atoms with E-state index in [0.29, 0.717) is 6.04 Å². The van der Waals surface area contributed by atoms with E-state index in [2.05, 4.69) is 53.9 Å². The van der Waals surface area contributed by atoms with Gasteiger partial charge in [-0.05, 0) is 40.4 Å². The number of aryl methyl sites for hydroxylation is 1. The first-order valence-electron chi connectivity index (χ1n) is 8.07. The molecule has 0 aromatic carbocycles. The Morgan fingerprint density at radius 1 is 1.30 bits per heavy atom. The van der Waals surface area contributed by atoms with Crippen LogP contribution in [0.15, 0.2) is 12.4 Å². The lowest BCUT2D eigenvalue weighted by Gasteiger charge is -2.48. The van der Waals surface area contributed by atoms with Crippen molar-refractivity contribution in [3.8, 4) is 0 Å². The molecule has 0 radical (unpaired) electrons. The van der Waals surface area contributed by atoms with E-state index in [1.54, 1.807) is 0 Å². The highest BCUT2D eigenvalue weighted by Gasteiger charge is 2.43. The maximum absolute atomic E-state index is 4.68. The number of hydrogen-bond acceptors (Lipinski definition) is 3. The average Bonchev–Trinajstić information content (AvgIpc) is 2.93. The number of aromatic nitrogens is 2. The van der Waals surface area contributed by atoms with Crippen LogP contribution in [-0.4, -0.2) is 40.6 Å². The number of likely N-dealkylation sites (N-methyl/N-ethyl adjacent to an activating group) is 2. The van der Waals surface area contributed by atoms with Gasteiger partial charge in [0.15, 0.2) is 0 Å². The number of rotatable bonds is 6. The minimum absolute atomic E-state index is 0.201. The van der Waals surface area contributed by atoms with Gasteiger partial charge in [0, 0.05) is 24.5 Å². The molecule has 1 unspecified atom stereocenters. The van der Waals surface area contributed by atoms with Crippen molar-refractivity contribution < 1.29 is 0 Å². The molecule has 1 heterocycles. The minimum Gasteiger partial charge on any atom is -0.334 e. The average molecular weight is 278 g/mol. The van der Waals surface area contributed by atoms with Crippen molar-refractivity contribution in [2.75, 3.05) is 20.6 Å². The van der Waals surface area contributed by atoms with Crippen molar-refractivity contribution in [2.24, 2.45) is 0 Å². The van der Waals surface area contributed by atoms with E-state index in [1.165, 1.54) is 37.9 Å². The normalized spacial score (nSPS) is 20.2. The third-order valence-corrected chi connectivity index (χ3v) is 4.90. The summed E-state index contributed by atoms with van der Waals surface area (Å²) in [4.78, 5) is 7.12. The second kappa shape index (κ2) is 6.72. The van der Waals surface area contributed by atoms with E-state index in [-0.39, 0.29) is 5.54 Å². The third kappa shape index (κ3) is 2.77. The predicted molar refractivity (Wildman–Crippen MR) is 83.8 cm³/mol. The molecule has 1 fully saturated rings. The summed E-state index contributed by atoms with van der Waals surface area (Å²) in [7, 11) is 4.46. The van der Waals surface area contributed by atoms with Gasteiger partial charge >= 0.3 is 0 Å². The quantitative estimate of drug-likeness (QED) is 0.868. The molecule has 4 nitrogen and oxygen atoms in total. The first-order chi connectivity index (χ1) is 9.65. The SMILES string of the molecule is CCNC(c1nccn1CC)C1(N(C)C)CCCCC1. The molecule has 4 heteroatoms. The second-order valence-electron chi connectivity index (χ2n) is 6.12. The monoisotopic (exact) mass is 278 g/mol. The van der Waals surface area contributed by atoms with Gasteiger partial charge in [0.2, 0.25) is 0 Å². The number of hydrogen-bond donors (Lipinski definition) is 1. The van der Waals surface area contributed by atoms with Crippen LogP contribution in [0.25, 0.3) is 0 Å². The Hall–Kier alpha value is -0.870. The molecular formula is C16H30N4. The van der Waals surface area contributed by atoms with Crippen LogP contribution in [0.3, 0.4) is 0 Å². The molecule has 1 saturated carbocycles. The molecule has 0 amide bonds. The number of imidazole rings is 1. The van der Waals surface area contributed by atoms with Crippen LogP contribution in [0.4, 0.5) is 0 Å².